The van der Waals surface area contributed by atoms with Gasteiger partial charge >= 0.3 is 17.8 Å². The largest absolute Gasteiger partial charge is 0.494 e. The number of amides is 2. The molecule has 0 heterocycles. The highest BCUT2D eigenvalue weighted by Crippen LogP contribution is 2.29. The molecule has 0 aliphatic carbocycles. The van der Waals surface area contributed by atoms with Gasteiger partial charge in [-0.25, -0.2) is 10.2 Å². The Labute approximate surface area is 213 Å². The number of hydrogen-bond donors (Lipinski definition) is 2. The van der Waals surface area contributed by atoms with Crippen molar-refractivity contribution in [3.05, 3.63) is 82.9 Å². The second-order valence-corrected chi connectivity index (χ2v) is 7.58. The minimum Gasteiger partial charge on any atom is -0.494 e. The maximum atomic E-state index is 12.4. The number of nitrogens with zero attached hydrogens (tertiary/aromatic N) is 1. The summed E-state index contributed by atoms with van der Waals surface area (Å²) >= 11 is 5.85. The maximum Gasteiger partial charge on any atom is 0.343 e. The Morgan fingerprint density at radius 2 is 1.56 bits per heavy atom. The van der Waals surface area contributed by atoms with Gasteiger partial charge in [-0.05, 0) is 86.1 Å². The second-order valence-electron chi connectivity index (χ2n) is 7.15. The van der Waals surface area contributed by atoms with Gasteiger partial charge in [0.15, 0.2) is 11.5 Å². The van der Waals surface area contributed by atoms with Crippen LogP contribution in [0.1, 0.15) is 29.8 Å². The van der Waals surface area contributed by atoms with E-state index in [0.29, 0.717) is 46.5 Å². The molecule has 0 radical (unpaired) electrons. The monoisotopic (exact) mass is 509 g/mol. The van der Waals surface area contributed by atoms with Crippen molar-refractivity contribution in [2.75, 3.05) is 18.5 Å². The molecule has 0 saturated heterocycles. The van der Waals surface area contributed by atoms with E-state index in [1.165, 1.54) is 6.21 Å². The predicted octanol–water partition coefficient (Wildman–Crippen LogP) is 4.45. The van der Waals surface area contributed by atoms with Crippen molar-refractivity contribution in [3.63, 3.8) is 0 Å². The molecule has 186 valence electrons. The molecule has 0 aliphatic heterocycles. The third-order valence-electron chi connectivity index (χ3n) is 4.56. The summed E-state index contributed by atoms with van der Waals surface area (Å²) in [6.45, 7) is 4.50. The molecule has 0 aliphatic rings. The highest BCUT2D eigenvalue weighted by Gasteiger charge is 2.15. The number of anilines is 1. The van der Waals surface area contributed by atoms with Crippen LogP contribution in [0.15, 0.2) is 71.8 Å². The van der Waals surface area contributed by atoms with Crippen LogP contribution in [-0.4, -0.2) is 37.2 Å². The highest BCUT2D eigenvalue weighted by molar-refractivity contribution is 6.39. The van der Waals surface area contributed by atoms with Crippen molar-refractivity contribution < 1.29 is 28.6 Å². The quantitative estimate of drug-likeness (QED) is 0.145. The van der Waals surface area contributed by atoms with Gasteiger partial charge in [0.25, 0.3) is 0 Å². The first-order valence-corrected chi connectivity index (χ1v) is 11.4. The van der Waals surface area contributed by atoms with Crippen LogP contribution in [0.2, 0.25) is 5.02 Å². The molecular weight excluding hydrogens is 486 g/mol. The molecule has 0 bridgehead atoms. The Morgan fingerprint density at radius 3 is 2.22 bits per heavy atom. The normalized spacial score (nSPS) is 10.5. The van der Waals surface area contributed by atoms with Crippen LogP contribution >= 0.6 is 11.6 Å². The van der Waals surface area contributed by atoms with Crippen LogP contribution in [0.3, 0.4) is 0 Å². The minimum absolute atomic E-state index is 0.215. The van der Waals surface area contributed by atoms with Gasteiger partial charge in [0.2, 0.25) is 0 Å². The Kier molecular flexibility index (Phi) is 9.41. The summed E-state index contributed by atoms with van der Waals surface area (Å²) in [6.07, 6.45) is 1.33. The van der Waals surface area contributed by atoms with Crippen LogP contribution in [-0.2, 0) is 9.59 Å². The van der Waals surface area contributed by atoms with Crippen LogP contribution in [0.5, 0.6) is 17.2 Å². The molecule has 3 aromatic carbocycles. The number of nitrogens with one attached hydrogen (secondary N) is 2. The van der Waals surface area contributed by atoms with Crippen molar-refractivity contribution in [3.8, 4) is 17.2 Å². The summed E-state index contributed by atoms with van der Waals surface area (Å²) < 4.78 is 16.4. The number of hydrazone groups is 1. The standard InChI is InChI=1S/C26H24ClN3O6/c1-3-34-21-12-10-20(11-13-21)29-24(31)25(32)30-28-16-17-5-14-22(23(15-17)35-4-2)36-26(33)18-6-8-19(27)9-7-18/h5-16H,3-4H2,1-2H3,(H,29,31)(H,30,32)/b28-16+. The third kappa shape index (κ3) is 7.57. The topological polar surface area (TPSA) is 115 Å². The molecule has 0 atom stereocenters. The van der Waals surface area contributed by atoms with E-state index in [0.717, 1.165) is 0 Å². The summed E-state index contributed by atoms with van der Waals surface area (Å²) in [5.74, 6) is -1.22. The zero-order valence-corrected chi connectivity index (χ0v) is 20.4. The highest BCUT2D eigenvalue weighted by atomic mass is 35.5. The fourth-order valence-corrected chi connectivity index (χ4v) is 3.03. The Morgan fingerprint density at radius 1 is 0.861 bits per heavy atom. The average Bonchev–Trinajstić information content (AvgIpc) is 2.87. The molecule has 0 spiro atoms. The summed E-state index contributed by atoms with van der Waals surface area (Å²) in [6, 6.07) is 17.6. The molecule has 36 heavy (non-hydrogen) atoms. The lowest BCUT2D eigenvalue weighted by Crippen LogP contribution is -2.32. The number of rotatable bonds is 9. The van der Waals surface area contributed by atoms with E-state index < -0.39 is 17.8 Å². The first kappa shape index (κ1) is 26.2. The summed E-state index contributed by atoms with van der Waals surface area (Å²) in [7, 11) is 0. The molecule has 0 aromatic heterocycles. The zero-order chi connectivity index (χ0) is 25.9. The second kappa shape index (κ2) is 12.9. The summed E-state index contributed by atoms with van der Waals surface area (Å²) in [5, 5.41) is 6.79. The van der Waals surface area contributed by atoms with E-state index in [9.17, 15) is 14.4 Å². The Hall–Kier alpha value is -4.37. The number of hydrogen-bond acceptors (Lipinski definition) is 7. The number of halogens is 1. The van der Waals surface area contributed by atoms with Crippen LogP contribution in [0.4, 0.5) is 5.69 Å². The van der Waals surface area contributed by atoms with Gasteiger partial charge in [-0.15, -0.1) is 0 Å². The van der Waals surface area contributed by atoms with Gasteiger partial charge in [0, 0.05) is 10.7 Å². The lowest BCUT2D eigenvalue weighted by Gasteiger charge is -2.11. The number of esters is 1. The van der Waals surface area contributed by atoms with E-state index in [1.54, 1.807) is 73.7 Å². The van der Waals surface area contributed by atoms with Gasteiger partial charge in [-0.1, -0.05) is 11.6 Å². The molecule has 0 saturated carbocycles. The Balaban J connectivity index is 1.59. The number of benzene rings is 3. The molecule has 3 aromatic rings. The first-order valence-electron chi connectivity index (χ1n) is 11.0. The molecule has 0 unspecified atom stereocenters. The van der Waals surface area contributed by atoms with Gasteiger partial charge in [0.1, 0.15) is 5.75 Å². The van der Waals surface area contributed by atoms with Crippen molar-refractivity contribution in [1.29, 1.82) is 0 Å². The van der Waals surface area contributed by atoms with E-state index in [1.807, 2.05) is 6.92 Å². The van der Waals surface area contributed by atoms with E-state index >= 15 is 0 Å². The maximum absolute atomic E-state index is 12.4. The fourth-order valence-electron chi connectivity index (χ4n) is 2.91. The number of carbonyl (C=O) groups excluding carboxylic acids is 3. The molecule has 10 heteroatoms. The van der Waals surface area contributed by atoms with Crippen molar-refractivity contribution in [2.45, 2.75) is 13.8 Å². The fraction of sp³-hybridized carbons (Fsp3) is 0.154. The Bertz CT molecular complexity index is 1240. The van der Waals surface area contributed by atoms with Crippen LogP contribution in [0, 0.1) is 0 Å². The van der Waals surface area contributed by atoms with Gasteiger partial charge in [0.05, 0.1) is 25.0 Å². The van der Waals surface area contributed by atoms with Gasteiger partial charge < -0.3 is 19.5 Å². The van der Waals surface area contributed by atoms with Gasteiger partial charge in [-0.2, -0.15) is 5.10 Å². The van der Waals surface area contributed by atoms with Crippen molar-refractivity contribution >= 4 is 41.3 Å². The molecule has 0 fully saturated rings. The smallest absolute Gasteiger partial charge is 0.343 e. The van der Waals surface area contributed by atoms with E-state index in [2.05, 4.69) is 15.8 Å². The summed E-state index contributed by atoms with van der Waals surface area (Å²) in [4.78, 5) is 36.6. The SMILES string of the molecule is CCOc1ccc(NC(=O)C(=O)N/N=C/c2ccc(OC(=O)c3ccc(Cl)cc3)c(OCC)c2)cc1. The molecular formula is C26H24ClN3O6. The number of ether oxygens (including phenoxy) is 3. The van der Waals surface area contributed by atoms with Crippen LogP contribution in [0.25, 0.3) is 0 Å². The van der Waals surface area contributed by atoms with Crippen LogP contribution < -0.4 is 25.0 Å². The molecule has 2 amide bonds. The van der Waals surface area contributed by atoms with Crippen molar-refractivity contribution in [1.82, 2.24) is 5.43 Å². The molecule has 9 nitrogen and oxygen atoms in total. The third-order valence-corrected chi connectivity index (χ3v) is 4.81. The lowest BCUT2D eigenvalue weighted by molar-refractivity contribution is -0.136. The number of carbonyl (C=O) groups is 3. The molecule has 2 N–H and O–H groups in total. The minimum atomic E-state index is -0.946. The van der Waals surface area contributed by atoms with Crippen molar-refractivity contribution in [2.24, 2.45) is 5.10 Å². The zero-order valence-electron chi connectivity index (χ0n) is 19.6. The van der Waals surface area contributed by atoms with Gasteiger partial charge in [-0.3, -0.25) is 9.59 Å². The lowest BCUT2D eigenvalue weighted by atomic mass is 10.2. The van der Waals surface area contributed by atoms with E-state index in [4.69, 9.17) is 25.8 Å². The molecule has 3 rings (SSSR count). The predicted molar refractivity (Wildman–Crippen MR) is 136 cm³/mol. The average molecular weight is 510 g/mol. The first-order chi connectivity index (χ1) is 17.4. The van der Waals surface area contributed by atoms with E-state index in [-0.39, 0.29) is 5.75 Å². The summed E-state index contributed by atoms with van der Waals surface area (Å²) in [5.41, 5.74) is 3.47.